The Labute approximate surface area is 241 Å². The van der Waals surface area contributed by atoms with Crippen LogP contribution in [0.2, 0.25) is 5.02 Å². The normalized spacial score (nSPS) is 12.2. The fourth-order valence-electron chi connectivity index (χ4n) is 4.37. The van der Waals surface area contributed by atoms with Gasteiger partial charge in [0.1, 0.15) is 11.4 Å². The van der Waals surface area contributed by atoms with Crippen molar-refractivity contribution >= 4 is 56.5 Å². The number of hydrazone groups is 1. The number of benzene rings is 4. The highest BCUT2D eigenvalue weighted by Gasteiger charge is 2.21. The molecular formula is C30H19BrClN3O5. The highest BCUT2D eigenvalue weighted by atomic mass is 79.9. The van der Waals surface area contributed by atoms with Crippen molar-refractivity contribution in [3.63, 3.8) is 0 Å². The standard InChI is InChI=1S/C30H19BrClN3O5/c31-19-10-12-24(40-30(37)17-9-11-25-26(14-17)39-16-38-25)18(13-19)15-33-35-29(36)28-27(20-5-1-3-7-22(20)32)21-6-2-4-8-23(21)34-28/h1-15,34H,16H2,(H,35,36). The van der Waals surface area contributed by atoms with Gasteiger partial charge < -0.3 is 19.2 Å². The lowest BCUT2D eigenvalue weighted by Crippen LogP contribution is -2.19. The Balaban J connectivity index is 1.25. The molecule has 0 atom stereocenters. The second kappa shape index (κ2) is 10.9. The number of nitrogens with zero attached hydrogens (tertiary/aromatic N) is 1. The monoisotopic (exact) mass is 615 g/mol. The number of aromatic amines is 1. The molecule has 0 fully saturated rings. The summed E-state index contributed by atoms with van der Waals surface area (Å²) in [5, 5.41) is 5.53. The predicted octanol–water partition coefficient (Wildman–Crippen LogP) is 6.96. The minimum absolute atomic E-state index is 0.102. The van der Waals surface area contributed by atoms with Crippen LogP contribution in [-0.2, 0) is 0 Å². The maximum atomic E-state index is 13.3. The van der Waals surface area contributed by atoms with Gasteiger partial charge in [-0.1, -0.05) is 63.9 Å². The first-order valence-corrected chi connectivity index (χ1v) is 13.3. The van der Waals surface area contributed by atoms with Gasteiger partial charge in [-0.25, -0.2) is 10.2 Å². The first kappa shape index (κ1) is 25.7. The number of halogens is 2. The Kier molecular flexibility index (Phi) is 6.98. The second-order valence-electron chi connectivity index (χ2n) is 8.74. The zero-order valence-corrected chi connectivity index (χ0v) is 23.0. The van der Waals surface area contributed by atoms with Crippen LogP contribution in [0, 0.1) is 0 Å². The number of hydrogen-bond donors (Lipinski definition) is 2. The molecule has 198 valence electrons. The summed E-state index contributed by atoms with van der Waals surface area (Å²) in [4.78, 5) is 29.3. The Bertz CT molecular complexity index is 1820. The highest BCUT2D eigenvalue weighted by Crippen LogP contribution is 2.37. The van der Waals surface area contributed by atoms with E-state index in [-0.39, 0.29) is 12.5 Å². The minimum Gasteiger partial charge on any atom is -0.454 e. The van der Waals surface area contributed by atoms with Crippen LogP contribution in [-0.4, -0.2) is 29.9 Å². The quantitative estimate of drug-likeness (QED) is 0.0929. The molecule has 2 N–H and O–H groups in total. The molecule has 1 aliphatic heterocycles. The fraction of sp³-hybridized carbons (Fsp3) is 0.0333. The summed E-state index contributed by atoms with van der Waals surface area (Å²) in [5.41, 5.74) is 5.83. The average Bonchev–Trinajstić information content (AvgIpc) is 3.59. The molecule has 0 radical (unpaired) electrons. The van der Waals surface area contributed by atoms with Gasteiger partial charge >= 0.3 is 5.97 Å². The Hall–Kier alpha value is -4.60. The van der Waals surface area contributed by atoms with Crippen LogP contribution in [0.5, 0.6) is 17.2 Å². The first-order chi connectivity index (χ1) is 19.5. The summed E-state index contributed by atoms with van der Waals surface area (Å²) < 4.78 is 17.0. The Morgan fingerprint density at radius 3 is 2.65 bits per heavy atom. The molecule has 2 heterocycles. The van der Waals surface area contributed by atoms with Gasteiger partial charge in [-0.3, -0.25) is 4.79 Å². The second-order valence-corrected chi connectivity index (χ2v) is 10.1. The molecule has 8 nitrogen and oxygen atoms in total. The number of fused-ring (bicyclic) bond motifs is 2. The fourth-order valence-corrected chi connectivity index (χ4v) is 4.98. The number of H-pyrrole nitrogens is 1. The number of amides is 1. The lowest BCUT2D eigenvalue weighted by molar-refractivity contribution is 0.0733. The number of para-hydroxylation sites is 1. The van der Waals surface area contributed by atoms with Gasteiger partial charge in [0.2, 0.25) is 6.79 Å². The van der Waals surface area contributed by atoms with Crippen molar-refractivity contribution in [2.24, 2.45) is 5.10 Å². The van der Waals surface area contributed by atoms with Crippen LogP contribution in [0.4, 0.5) is 0 Å². The molecule has 1 amide bonds. The Morgan fingerprint density at radius 1 is 0.975 bits per heavy atom. The number of hydrogen-bond acceptors (Lipinski definition) is 6. The molecule has 0 spiro atoms. The molecule has 0 aliphatic carbocycles. The van der Waals surface area contributed by atoms with Gasteiger partial charge in [0.05, 0.1) is 11.8 Å². The van der Waals surface area contributed by atoms with Crippen molar-refractivity contribution in [2.45, 2.75) is 0 Å². The van der Waals surface area contributed by atoms with E-state index in [9.17, 15) is 9.59 Å². The van der Waals surface area contributed by atoms with E-state index in [1.807, 2.05) is 42.5 Å². The van der Waals surface area contributed by atoms with E-state index in [4.69, 9.17) is 25.8 Å². The van der Waals surface area contributed by atoms with E-state index in [0.29, 0.717) is 38.9 Å². The summed E-state index contributed by atoms with van der Waals surface area (Å²) in [7, 11) is 0. The largest absolute Gasteiger partial charge is 0.454 e. The molecule has 6 rings (SSSR count). The van der Waals surface area contributed by atoms with E-state index in [0.717, 1.165) is 20.9 Å². The molecule has 1 aliphatic rings. The highest BCUT2D eigenvalue weighted by molar-refractivity contribution is 9.10. The SMILES string of the molecule is O=C(Oc1ccc(Br)cc1C=NNC(=O)c1[nH]c2ccccc2c1-c1ccccc1Cl)c1ccc2c(c1)OCO2. The van der Waals surface area contributed by atoms with Crippen molar-refractivity contribution < 1.29 is 23.8 Å². The van der Waals surface area contributed by atoms with Crippen molar-refractivity contribution in [1.82, 2.24) is 10.4 Å². The number of carbonyl (C=O) groups excluding carboxylic acids is 2. The van der Waals surface area contributed by atoms with E-state index >= 15 is 0 Å². The minimum atomic E-state index is -0.582. The number of esters is 1. The van der Waals surface area contributed by atoms with E-state index in [2.05, 4.69) is 31.4 Å². The third kappa shape index (κ3) is 5.04. The molecule has 0 saturated carbocycles. The average molecular weight is 617 g/mol. The number of rotatable bonds is 6. The van der Waals surface area contributed by atoms with Crippen molar-refractivity contribution in [1.29, 1.82) is 0 Å². The molecular weight excluding hydrogens is 598 g/mol. The molecule has 10 heteroatoms. The maximum Gasteiger partial charge on any atom is 0.343 e. The molecule has 0 bridgehead atoms. The number of ether oxygens (including phenoxy) is 3. The van der Waals surface area contributed by atoms with Crippen molar-refractivity contribution in [3.8, 4) is 28.4 Å². The topological polar surface area (TPSA) is 102 Å². The zero-order chi connectivity index (χ0) is 27.6. The van der Waals surface area contributed by atoms with Crippen molar-refractivity contribution in [2.75, 3.05) is 6.79 Å². The summed E-state index contributed by atoms with van der Waals surface area (Å²) in [6.45, 7) is 0.102. The number of nitrogens with one attached hydrogen (secondary N) is 2. The lowest BCUT2D eigenvalue weighted by Gasteiger charge is -2.09. The first-order valence-electron chi connectivity index (χ1n) is 12.1. The molecule has 1 aromatic heterocycles. The van der Waals surface area contributed by atoms with Crippen LogP contribution < -0.4 is 19.6 Å². The lowest BCUT2D eigenvalue weighted by atomic mass is 10.0. The van der Waals surface area contributed by atoms with Crippen LogP contribution >= 0.6 is 27.5 Å². The van der Waals surface area contributed by atoms with Gasteiger partial charge in [0.25, 0.3) is 5.91 Å². The zero-order valence-electron chi connectivity index (χ0n) is 20.6. The van der Waals surface area contributed by atoms with Crippen LogP contribution in [0.15, 0.2) is 94.5 Å². The van der Waals surface area contributed by atoms with Crippen molar-refractivity contribution in [3.05, 3.63) is 111 Å². The summed E-state index contributed by atoms with van der Waals surface area (Å²) >= 11 is 9.91. The summed E-state index contributed by atoms with van der Waals surface area (Å²) in [6.07, 6.45) is 1.41. The third-order valence-electron chi connectivity index (χ3n) is 6.23. The summed E-state index contributed by atoms with van der Waals surface area (Å²) in [6, 6.07) is 24.8. The van der Waals surface area contributed by atoms with Gasteiger partial charge in [-0.15, -0.1) is 0 Å². The molecule has 5 aromatic rings. The molecule has 0 unspecified atom stereocenters. The smallest absolute Gasteiger partial charge is 0.343 e. The maximum absolute atomic E-state index is 13.3. The van der Waals surface area contributed by atoms with E-state index < -0.39 is 11.9 Å². The van der Waals surface area contributed by atoms with Gasteiger partial charge in [-0.05, 0) is 48.5 Å². The molecule has 0 saturated heterocycles. The van der Waals surface area contributed by atoms with Crippen LogP contribution in [0.3, 0.4) is 0 Å². The predicted molar refractivity (Wildman–Crippen MR) is 155 cm³/mol. The van der Waals surface area contributed by atoms with E-state index in [1.54, 1.807) is 42.5 Å². The Morgan fingerprint density at radius 2 is 1.77 bits per heavy atom. The van der Waals surface area contributed by atoms with Crippen LogP contribution in [0.25, 0.3) is 22.0 Å². The van der Waals surface area contributed by atoms with Gasteiger partial charge in [-0.2, -0.15) is 5.10 Å². The molecule has 40 heavy (non-hydrogen) atoms. The van der Waals surface area contributed by atoms with E-state index in [1.165, 1.54) is 6.21 Å². The van der Waals surface area contributed by atoms with Gasteiger partial charge in [0.15, 0.2) is 11.5 Å². The van der Waals surface area contributed by atoms with Crippen LogP contribution in [0.1, 0.15) is 26.4 Å². The molecule has 4 aromatic carbocycles. The number of aromatic nitrogens is 1. The van der Waals surface area contributed by atoms with Gasteiger partial charge in [0, 0.05) is 37.1 Å². The summed E-state index contributed by atoms with van der Waals surface area (Å²) in [5.74, 6) is 0.253. The number of carbonyl (C=O) groups is 2. The third-order valence-corrected chi connectivity index (χ3v) is 7.05.